The van der Waals surface area contributed by atoms with E-state index in [9.17, 15) is 0 Å². The number of unbranched alkanes of at least 4 members (excludes halogenated alkanes) is 5. The Morgan fingerprint density at radius 2 is 1.35 bits per heavy atom. The predicted molar refractivity (Wildman–Crippen MR) is 106 cm³/mol. The van der Waals surface area contributed by atoms with Gasteiger partial charge in [0.15, 0.2) is 0 Å². The Balaban J connectivity index is 3.02. The van der Waals surface area contributed by atoms with Crippen molar-refractivity contribution in [3.63, 3.8) is 0 Å². The number of ether oxygens (including phenoxy) is 4. The molecule has 0 amide bonds. The molecule has 150 valence electrons. The first-order chi connectivity index (χ1) is 12.6. The molecule has 1 aromatic rings. The molecular formula is C22H38O4. The largest absolute Gasteiger partial charge is 0.384 e. The Bertz CT molecular complexity index is 450. The second-order valence-corrected chi connectivity index (χ2v) is 7.06. The van der Waals surface area contributed by atoms with E-state index in [0.717, 1.165) is 19.3 Å². The average molecular weight is 367 g/mol. The number of rotatable bonds is 15. The molecule has 0 spiro atoms. The van der Waals surface area contributed by atoms with Gasteiger partial charge < -0.3 is 18.9 Å². The molecule has 0 saturated carbocycles. The highest BCUT2D eigenvalue weighted by molar-refractivity contribution is 5.17. The minimum atomic E-state index is -1.14. The first-order valence-electron chi connectivity index (χ1n) is 9.82. The summed E-state index contributed by atoms with van der Waals surface area (Å²) in [6, 6.07) is 10.4. The lowest BCUT2D eigenvalue weighted by Gasteiger charge is -2.46. The molecule has 0 aliphatic rings. The molecule has 0 N–H and O–H groups in total. The van der Waals surface area contributed by atoms with Crippen LogP contribution in [0, 0.1) is 5.41 Å². The van der Waals surface area contributed by atoms with E-state index in [0.29, 0.717) is 6.61 Å². The van der Waals surface area contributed by atoms with Crippen LogP contribution in [-0.2, 0) is 25.4 Å². The lowest BCUT2D eigenvalue weighted by atomic mass is 9.75. The second-order valence-electron chi connectivity index (χ2n) is 7.06. The first-order valence-corrected chi connectivity index (χ1v) is 9.82. The summed E-state index contributed by atoms with van der Waals surface area (Å²) in [4.78, 5) is 0. The van der Waals surface area contributed by atoms with Gasteiger partial charge in [-0.25, -0.2) is 0 Å². The monoisotopic (exact) mass is 366 g/mol. The van der Waals surface area contributed by atoms with Crippen LogP contribution < -0.4 is 0 Å². The van der Waals surface area contributed by atoms with Crippen molar-refractivity contribution < 1.29 is 18.9 Å². The SMILES string of the molecule is CCCCCCCCC(COC)(Cc1ccccc1)C(OC)(OC)OC. The van der Waals surface area contributed by atoms with Crippen LogP contribution in [0.1, 0.15) is 57.4 Å². The molecule has 0 aliphatic carbocycles. The van der Waals surface area contributed by atoms with Crippen LogP contribution in [0.4, 0.5) is 0 Å². The van der Waals surface area contributed by atoms with Crippen molar-refractivity contribution in [2.45, 2.75) is 64.3 Å². The highest BCUT2D eigenvalue weighted by Gasteiger charge is 2.53. The molecule has 0 radical (unpaired) electrons. The van der Waals surface area contributed by atoms with E-state index in [1.807, 2.05) is 6.07 Å². The summed E-state index contributed by atoms with van der Waals surface area (Å²) >= 11 is 0. The van der Waals surface area contributed by atoms with Crippen LogP contribution in [0.5, 0.6) is 0 Å². The van der Waals surface area contributed by atoms with Crippen molar-refractivity contribution in [3.8, 4) is 0 Å². The van der Waals surface area contributed by atoms with Gasteiger partial charge in [-0.05, 0) is 18.4 Å². The van der Waals surface area contributed by atoms with E-state index < -0.39 is 11.4 Å². The molecule has 0 aliphatic heterocycles. The van der Waals surface area contributed by atoms with Gasteiger partial charge in [0.05, 0.1) is 12.0 Å². The lowest BCUT2D eigenvalue weighted by Crippen LogP contribution is -2.56. The van der Waals surface area contributed by atoms with E-state index in [2.05, 4.69) is 31.2 Å². The van der Waals surface area contributed by atoms with Crippen molar-refractivity contribution in [2.24, 2.45) is 5.41 Å². The number of hydrogen-bond donors (Lipinski definition) is 0. The molecule has 0 heterocycles. The third kappa shape index (κ3) is 6.05. The quantitative estimate of drug-likeness (QED) is 0.315. The molecule has 1 rings (SSSR count). The van der Waals surface area contributed by atoms with Gasteiger partial charge in [0.1, 0.15) is 0 Å². The molecule has 0 saturated heterocycles. The predicted octanol–water partition coefficient (Wildman–Crippen LogP) is 5.21. The Morgan fingerprint density at radius 1 is 0.769 bits per heavy atom. The fourth-order valence-corrected chi connectivity index (χ4v) is 3.97. The molecule has 26 heavy (non-hydrogen) atoms. The lowest BCUT2D eigenvalue weighted by molar-refractivity contribution is -0.413. The molecule has 0 bridgehead atoms. The Labute approximate surface area is 160 Å². The molecule has 1 atom stereocenters. The molecular weight excluding hydrogens is 328 g/mol. The van der Waals surface area contributed by atoms with Crippen molar-refractivity contribution in [3.05, 3.63) is 35.9 Å². The van der Waals surface area contributed by atoms with Gasteiger partial charge in [-0.2, -0.15) is 0 Å². The van der Waals surface area contributed by atoms with Gasteiger partial charge in [-0.15, -0.1) is 0 Å². The molecule has 1 aromatic carbocycles. The summed E-state index contributed by atoms with van der Waals surface area (Å²) in [5.74, 6) is -1.14. The van der Waals surface area contributed by atoms with E-state index in [-0.39, 0.29) is 0 Å². The molecule has 0 aromatic heterocycles. The van der Waals surface area contributed by atoms with E-state index >= 15 is 0 Å². The Kier molecular flexibility index (Phi) is 11.1. The Hall–Kier alpha value is -0.940. The van der Waals surface area contributed by atoms with Crippen LogP contribution in [-0.4, -0.2) is 41.0 Å². The van der Waals surface area contributed by atoms with Crippen LogP contribution in [0.15, 0.2) is 30.3 Å². The summed E-state index contributed by atoms with van der Waals surface area (Å²) < 4.78 is 23.0. The molecule has 4 heteroatoms. The van der Waals surface area contributed by atoms with Gasteiger partial charge in [0.2, 0.25) is 0 Å². The van der Waals surface area contributed by atoms with Crippen LogP contribution in [0.3, 0.4) is 0 Å². The maximum absolute atomic E-state index is 5.80. The fraction of sp³-hybridized carbons (Fsp3) is 0.727. The zero-order chi connectivity index (χ0) is 19.3. The van der Waals surface area contributed by atoms with Gasteiger partial charge in [-0.3, -0.25) is 0 Å². The zero-order valence-corrected chi connectivity index (χ0v) is 17.4. The normalized spacial score (nSPS) is 14.3. The maximum atomic E-state index is 5.80. The summed E-state index contributed by atoms with van der Waals surface area (Å²) in [6.07, 6.45) is 9.13. The number of benzene rings is 1. The first kappa shape index (κ1) is 23.1. The van der Waals surface area contributed by atoms with Gasteiger partial charge in [-0.1, -0.05) is 75.8 Å². The number of methoxy groups -OCH3 is 4. The maximum Gasteiger partial charge on any atom is 0.290 e. The van der Waals surface area contributed by atoms with Crippen LogP contribution >= 0.6 is 0 Å². The van der Waals surface area contributed by atoms with E-state index in [1.165, 1.54) is 37.7 Å². The Morgan fingerprint density at radius 3 is 1.88 bits per heavy atom. The van der Waals surface area contributed by atoms with E-state index in [1.54, 1.807) is 28.4 Å². The number of hydrogen-bond acceptors (Lipinski definition) is 4. The molecule has 1 unspecified atom stereocenters. The third-order valence-electron chi connectivity index (χ3n) is 5.27. The molecule has 0 fully saturated rings. The summed E-state index contributed by atoms with van der Waals surface area (Å²) in [6.45, 7) is 2.75. The van der Waals surface area contributed by atoms with Crippen molar-refractivity contribution in [1.29, 1.82) is 0 Å². The average Bonchev–Trinajstić information content (AvgIpc) is 2.67. The summed E-state index contributed by atoms with van der Waals surface area (Å²) in [5, 5.41) is 0. The van der Waals surface area contributed by atoms with Crippen LogP contribution in [0.2, 0.25) is 0 Å². The van der Waals surface area contributed by atoms with Crippen LogP contribution in [0.25, 0.3) is 0 Å². The minimum Gasteiger partial charge on any atom is -0.384 e. The topological polar surface area (TPSA) is 36.9 Å². The van der Waals surface area contributed by atoms with Gasteiger partial charge in [0.25, 0.3) is 5.97 Å². The fourth-order valence-electron chi connectivity index (χ4n) is 3.97. The smallest absolute Gasteiger partial charge is 0.290 e. The standard InChI is InChI=1S/C22H38O4/c1-6-7-8-9-10-14-17-21(19-23-2,22(24-3,25-4)26-5)18-20-15-12-11-13-16-20/h11-13,15-16H,6-10,14,17-19H2,1-5H3. The highest BCUT2D eigenvalue weighted by Crippen LogP contribution is 2.44. The third-order valence-corrected chi connectivity index (χ3v) is 5.27. The van der Waals surface area contributed by atoms with E-state index in [4.69, 9.17) is 18.9 Å². The summed E-state index contributed by atoms with van der Waals surface area (Å²) in [5.41, 5.74) is 0.803. The second kappa shape index (κ2) is 12.4. The molecule has 4 nitrogen and oxygen atoms in total. The van der Waals surface area contributed by atoms with Crippen molar-refractivity contribution >= 4 is 0 Å². The van der Waals surface area contributed by atoms with Crippen molar-refractivity contribution in [2.75, 3.05) is 35.0 Å². The highest BCUT2D eigenvalue weighted by atomic mass is 16.9. The zero-order valence-electron chi connectivity index (χ0n) is 17.4. The van der Waals surface area contributed by atoms with Gasteiger partial charge in [0, 0.05) is 28.4 Å². The van der Waals surface area contributed by atoms with Gasteiger partial charge >= 0.3 is 0 Å². The summed E-state index contributed by atoms with van der Waals surface area (Å²) in [7, 11) is 6.66. The minimum absolute atomic E-state index is 0.424. The van der Waals surface area contributed by atoms with Crippen molar-refractivity contribution in [1.82, 2.24) is 0 Å².